The van der Waals surface area contributed by atoms with Crippen LogP contribution in [0.15, 0.2) is 12.2 Å². The van der Waals surface area contributed by atoms with E-state index >= 15 is 0 Å². The molecule has 0 aromatic carbocycles. The average Bonchev–Trinajstić information content (AvgIpc) is 2.15. The van der Waals surface area contributed by atoms with Gasteiger partial charge in [-0.25, -0.2) is 4.79 Å². The van der Waals surface area contributed by atoms with E-state index in [-0.39, 0.29) is 5.97 Å². The van der Waals surface area contributed by atoms with Gasteiger partial charge in [-0.15, -0.1) is 0 Å². The van der Waals surface area contributed by atoms with Gasteiger partial charge >= 0.3 is 5.97 Å². The summed E-state index contributed by atoms with van der Waals surface area (Å²) in [5.74, 6) is -1.01. The van der Waals surface area contributed by atoms with Crippen molar-refractivity contribution in [2.24, 2.45) is 0 Å². The van der Waals surface area contributed by atoms with Crippen molar-refractivity contribution in [2.45, 2.75) is 64.5 Å². The van der Waals surface area contributed by atoms with Crippen LogP contribution in [-0.4, -0.2) is 20.1 Å². The topological polar surface area (TPSA) is 35.5 Å². The van der Waals surface area contributed by atoms with E-state index in [9.17, 15) is 4.79 Å². The Balaban J connectivity index is 2.81. The van der Waals surface area contributed by atoms with Crippen molar-refractivity contribution in [2.75, 3.05) is 0 Å². The fourth-order valence-corrected chi connectivity index (χ4v) is 4.71. The molecule has 1 heterocycles. The molecule has 3 nitrogen and oxygen atoms in total. The van der Waals surface area contributed by atoms with Gasteiger partial charge in [-0.05, 0) is 38.9 Å². The first kappa shape index (κ1) is 14.4. The molecule has 1 rings (SSSR count). The van der Waals surface area contributed by atoms with Crippen molar-refractivity contribution in [1.29, 1.82) is 0 Å². The third-order valence-corrected chi connectivity index (χ3v) is 5.54. The Morgan fingerprint density at radius 3 is 2.65 bits per heavy atom. The van der Waals surface area contributed by atoms with E-state index in [1.165, 1.54) is 0 Å². The molecule has 1 aliphatic rings. The number of ether oxygens (including phenoxy) is 1. The molecule has 0 aliphatic carbocycles. The molecule has 0 N–H and O–H groups in total. The number of rotatable bonds is 4. The Kier molecular flexibility index (Phi) is 4.55. The number of carbonyl (C=O) groups excluding carboxylic acids is 1. The van der Waals surface area contributed by atoms with Crippen LogP contribution in [-0.2, 0) is 14.0 Å². The lowest BCUT2D eigenvalue weighted by molar-refractivity contribution is -0.206. The van der Waals surface area contributed by atoms with Gasteiger partial charge in [0.05, 0.1) is 0 Å². The molecule has 98 valence electrons. The number of hydrogen-bond acceptors (Lipinski definition) is 3. The molecule has 0 bridgehead atoms. The van der Waals surface area contributed by atoms with Crippen LogP contribution < -0.4 is 0 Å². The second kappa shape index (κ2) is 5.36. The van der Waals surface area contributed by atoms with E-state index in [2.05, 4.69) is 26.6 Å². The molecule has 1 unspecified atom stereocenters. The van der Waals surface area contributed by atoms with Crippen molar-refractivity contribution in [3.8, 4) is 0 Å². The molecule has 0 aromatic rings. The Hall–Kier alpha value is -0.613. The maximum Gasteiger partial charge on any atom is 0.335 e. The summed E-state index contributed by atoms with van der Waals surface area (Å²) in [5.41, 5.74) is 0.439. The average molecular weight is 256 g/mol. The normalized spacial score (nSPS) is 27.5. The highest BCUT2D eigenvalue weighted by atomic mass is 28.4. The lowest BCUT2D eigenvalue weighted by Crippen LogP contribution is -2.51. The molecule has 1 saturated heterocycles. The summed E-state index contributed by atoms with van der Waals surface area (Å²) in [6.45, 7) is 11.8. The third kappa shape index (κ3) is 3.96. The maximum atomic E-state index is 11.7. The molecule has 0 amide bonds. The summed E-state index contributed by atoms with van der Waals surface area (Å²) < 4.78 is 11.8. The molecular weight excluding hydrogens is 232 g/mol. The zero-order valence-corrected chi connectivity index (χ0v) is 12.5. The first-order chi connectivity index (χ1) is 7.80. The van der Waals surface area contributed by atoms with Gasteiger partial charge in [0.15, 0.2) is 8.32 Å². The molecule has 0 aromatic heterocycles. The summed E-state index contributed by atoms with van der Waals surface area (Å²) in [5, 5.41) is 0. The lowest BCUT2D eigenvalue weighted by atomic mass is 10.1. The van der Waals surface area contributed by atoms with Gasteiger partial charge in [-0.3, -0.25) is 0 Å². The van der Waals surface area contributed by atoms with Gasteiger partial charge in [-0.1, -0.05) is 13.5 Å². The Bertz CT molecular complexity index is 308. The fourth-order valence-electron chi connectivity index (χ4n) is 2.32. The molecule has 1 atom stereocenters. The van der Waals surface area contributed by atoms with Crippen LogP contribution in [0.5, 0.6) is 0 Å². The number of esters is 1. The van der Waals surface area contributed by atoms with Crippen molar-refractivity contribution in [3.05, 3.63) is 12.2 Å². The van der Waals surface area contributed by atoms with Crippen molar-refractivity contribution in [1.82, 2.24) is 0 Å². The first-order valence-electron chi connectivity index (χ1n) is 6.39. The molecule has 1 aliphatic heterocycles. The van der Waals surface area contributed by atoms with Gasteiger partial charge in [-0.2, -0.15) is 0 Å². The van der Waals surface area contributed by atoms with E-state index in [0.29, 0.717) is 5.57 Å². The SMILES string of the molecule is C=C(C)C(=O)OC1(CCC)CCC[Si](C)(C)O1. The smallest absolute Gasteiger partial charge is 0.335 e. The molecule has 1 fully saturated rings. The highest BCUT2D eigenvalue weighted by molar-refractivity contribution is 6.71. The van der Waals surface area contributed by atoms with Crippen molar-refractivity contribution >= 4 is 14.3 Å². The molecular formula is C13H24O3Si. The van der Waals surface area contributed by atoms with E-state index in [0.717, 1.165) is 31.7 Å². The quantitative estimate of drug-likeness (QED) is 0.438. The summed E-state index contributed by atoms with van der Waals surface area (Å²) in [4.78, 5) is 11.7. The van der Waals surface area contributed by atoms with E-state index < -0.39 is 14.1 Å². The minimum atomic E-state index is -1.67. The first-order valence-corrected chi connectivity index (χ1v) is 9.51. The van der Waals surface area contributed by atoms with Crippen LogP contribution in [0.2, 0.25) is 19.1 Å². The Labute approximate surface area is 105 Å². The van der Waals surface area contributed by atoms with Gasteiger partial charge in [0.2, 0.25) is 5.79 Å². The zero-order chi connectivity index (χ0) is 13.1. The van der Waals surface area contributed by atoms with Crippen molar-refractivity contribution < 1.29 is 14.0 Å². The van der Waals surface area contributed by atoms with Crippen molar-refractivity contribution in [3.63, 3.8) is 0 Å². The van der Waals surface area contributed by atoms with E-state index in [4.69, 9.17) is 9.16 Å². The van der Waals surface area contributed by atoms with Crippen LogP contribution in [0.25, 0.3) is 0 Å². The lowest BCUT2D eigenvalue weighted by Gasteiger charge is -2.43. The molecule has 4 heteroatoms. The molecule has 0 saturated carbocycles. The summed E-state index contributed by atoms with van der Waals surface area (Å²) in [7, 11) is -1.67. The second-order valence-electron chi connectivity index (χ2n) is 5.55. The highest BCUT2D eigenvalue weighted by Crippen LogP contribution is 2.38. The monoisotopic (exact) mass is 256 g/mol. The Morgan fingerprint density at radius 1 is 1.53 bits per heavy atom. The second-order valence-corrected chi connectivity index (χ2v) is 9.77. The maximum absolute atomic E-state index is 11.7. The standard InChI is InChI=1S/C13H24O3Si/c1-6-8-13(15-12(14)11(2)3)9-7-10-17(4,5)16-13/h2,6-10H2,1,3-5H3. The van der Waals surface area contributed by atoms with Gasteiger partial charge in [0, 0.05) is 18.4 Å². The number of hydrogen-bond donors (Lipinski definition) is 0. The van der Waals surface area contributed by atoms with Crippen LogP contribution in [0.1, 0.15) is 39.5 Å². The molecule has 17 heavy (non-hydrogen) atoms. The summed E-state index contributed by atoms with van der Waals surface area (Å²) in [6.07, 6.45) is 3.63. The van der Waals surface area contributed by atoms with Gasteiger partial charge in [0.1, 0.15) is 0 Å². The van der Waals surface area contributed by atoms with Crippen LogP contribution >= 0.6 is 0 Å². The predicted molar refractivity (Wildman–Crippen MR) is 71.2 cm³/mol. The Morgan fingerprint density at radius 2 is 2.18 bits per heavy atom. The van der Waals surface area contributed by atoms with Crippen LogP contribution in [0, 0.1) is 0 Å². The third-order valence-electron chi connectivity index (χ3n) is 3.06. The predicted octanol–water partition coefficient (Wildman–Crippen LogP) is 3.62. The van der Waals surface area contributed by atoms with Gasteiger partial charge in [0.25, 0.3) is 0 Å². The van der Waals surface area contributed by atoms with Crippen LogP contribution in [0.3, 0.4) is 0 Å². The van der Waals surface area contributed by atoms with Gasteiger partial charge < -0.3 is 9.16 Å². The fraction of sp³-hybridized carbons (Fsp3) is 0.769. The zero-order valence-electron chi connectivity index (χ0n) is 11.5. The van der Waals surface area contributed by atoms with Crippen LogP contribution in [0.4, 0.5) is 0 Å². The van der Waals surface area contributed by atoms with E-state index in [1.54, 1.807) is 6.92 Å². The summed E-state index contributed by atoms with van der Waals surface area (Å²) >= 11 is 0. The highest BCUT2D eigenvalue weighted by Gasteiger charge is 2.44. The number of carbonyl (C=O) groups is 1. The largest absolute Gasteiger partial charge is 0.431 e. The molecule has 0 spiro atoms. The minimum Gasteiger partial charge on any atom is -0.431 e. The molecule has 0 radical (unpaired) electrons. The van der Waals surface area contributed by atoms with E-state index in [1.807, 2.05) is 0 Å². The summed E-state index contributed by atoms with van der Waals surface area (Å²) in [6, 6.07) is 1.14. The minimum absolute atomic E-state index is 0.329.